The van der Waals surface area contributed by atoms with Crippen LogP contribution in [0.4, 0.5) is 15.8 Å². The van der Waals surface area contributed by atoms with Gasteiger partial charge in [-0.3, -0.25) is 4.79 Å². The standard InChI is InChI=1S/C17H19FN2O/c1-2-13-6-3-4-9-16(13)20-17(21)10-11-19-15-8-5-7-14(18)12-15/h3-9,12,19H,2,10-11H2,1H3,(H,20,21). The van der Waals surface area contributed by atoms with Crippen LogP contribution in [0.5, 0.6) is 0 Å². The summed E-state index contributed by atoms with van der Waals surface area (Å²) in [5.74, 6) is -0.346. The predicted octanol–water partition coefficient (Wildman–Crippen LogP) is 3.83. The van der Waals surface area contributed by atoms with Crippen LogP contribution in [-0.2, 0) is 11.2 Å². The molecule has 0 heterocycles. The summed E-state index contributed by atoms with van der Waals surface area (Å²) in [7, 11) is 0. The van der Waals surface area contributed by atoms with Crippen LogP contribution >= 0.6 is 0 Å². The van der Waals surface area contributed by atoms with Gasteiger partial charge in [0.05, 0.1) is 0 Å². The number of nitrogens with one attached hydrogen (secondary N) is 2. The van der Waals surface area contributed by atoms with E-state index in [0.29, 0.717) is 18.7 Å². The Morgan fingerprint density at radius 2 is 1.95 bits per heavy atom. The van der Waals surface area contributed by atoms with E-state index >= 15 is 0 Å². The van der Waals surface area contributed by atoms with Gasteiger partial charge >= 0.3 is 0 Å². The summed E-state index contributed by atoms with van der Waals surface area (Å²) in [6.45, 7) is 2.51. The molecule has 0 unspecified atom stereocenters. The quantitative estimate of drug-likeness (QED) is 0.847. The molecule has 0 spiro atoms. The van der Waals surface area contributed by atoms with Gasteiger partial charge in [0, 0.05) is 24.3 Å². The number of carbonyl (C=O) groups is 1. The van der Waals surface area contributed by atoms with Crippen molar-refractivity contribution in [3.05, 3.63) is 59.9 Å². The highest BCUT2D eigenvalue weighted by molar-refractivity contribution is 5.91. The van der Waals surface area contributed by atoms with Crippen molar-refractivity contribution in [2.24, 2.45) is 0 Å². The molecule has 21 heavy (non-hydrogen) atoms. The van der Waals surface area contributed by atoms with Crippen molar-refractivity contribution in [3.8, 4) is 0 Å². The van der Waals surface area contributed by atoms with E-state index in [1.54, 1.807) is 12.1 Å². The van der Waals surface area contributed by atoms with Crippen molar-refractivity contribution < 1.29 is 9.18 Å². The molecule has 0 saturated heterocycles. The zero-order valence-electron chi connectivity index (χ0n) is 12.0. The van der Waals surface area contributed by atoms with Crippen molar-refractivity contribution in [2.75, 3.05) is 17.2 Å². The molecule has 0 aliphatic carbocycles. The smallest absolute Gasteiger partial charge is 0.226 e. The summed E-state index contributed by atoms with van der Waals surface area (Å²) < 4.78 is 13.0. The predicted molar refractivity (Wildman–Crippen MR) is 84.0 cm³/mol. The van der Waals surface area contributed by atoms with Crippen LogP contribution < -0.4 is 10.6 Å². The van der Waals surface area contributed by atoms with Crippen LogP contribution in [-0.4, -0.2) is 12.5 Å². The number of rotatable bonds is 6. The van der Waals surface area contributed by atoms with Gasteiger partial charge in [0.1, 0.15) is 5.82 Å². The fourth-order valence-electron chi connectivity index (χ4n) is 2.08. The van der Waals surface area contributed by atoms with Gasteiger partial charge in [0.15, 0.2) is 0 Å². The first-order valence-electron chi connectivity index (χ1n) is 7.06. The second-order valence-corrected chi connectivity index (χ2v) is 4.75. The van der Waals surface area contributed by atoms with Crippen LogP contribution in [0.2, 0.25) is 0 Å². The first-order valence-corrected chi connectivity index (χ1v) is 7.06. The average Bonchev–Trinajstić information content (AvgIpc) is 2.48. The number of benzene rings is 2. The molecule has 0 fully saturated rings. The molecule has 2 N–H and O–H groups in total. The van der Waals surface area contributed by atoms with E-state index in [2.05, 4.69) is 17.6 Å². The van der Waals surface area contributed by atoms with Gasteiger partial charge < -0.3 is 10.6 Å². The average molecular weight is 286 g/mol. The molecule has 110 valence electrons. The van der Waals surface area contributed by atoms with E-state index in [1.807, 2.05) is 24.3 Å². The lowest BCUT2D eigenvalue weighted by molar-refractivity contribution is -0.115. The number of halogens is 1. The zero-order chi connectivity index (χ0) is 15.1. The summed E-state index contributed by atoms with van der Waals surface area (Å²) in [5, 5.41) is 5.94. The molecular formula is C17H19FN2O. The van der Waals surface area contributed by atoms with E-state index in [-0.39, 0.29) is 11.7 Å². The van der Waals surface area contributed by atoms with E-state index in [1.165, 1.54) is 12.1 Å². The summed E-state index contributed by atoms with van der Waals surface area (Å²) in [4.78, 5) is 11.9. The normalized spacial score (nSPS) is 10.2. The number of carbonyl (C=O) groups excluding carboxylic acids is 1. The topological polar surface area (TPSA) is 41.1 Å². The van der Waals surface area contributed by atoms with Gasteiger partial charge in [-0.05, 0) is 36.2 Å². The lowest BCUT2D eigenvalue weighted by atomic mass is 10.1. The Labute approximate surface area is 124 Å². The molecule has 0 atom stereocenters. The summed E-state index contributed by atoms with van der Waals surface area (Å²) >= 11 is 0. The van der Waals surface area contributed by atoms with E-state index in [9.17, 15) is 9.18 Å². The molecule has 0 aliphatic heterocycles. The first-order chi connectivity index (χ1) is 10.2. The highest BCUT2D eigenvalue weighted by Crippen LogP contribution is 2.15. The van der Waals surface area contributed by atoms with Crippen molar-refractivity contribution in [3.63, 3.8) is 0 Å². The molecule has 1 amide bonds. The van der Waals surface area contributed by atoms with E-state index < -0.39 is 0 Å². The molecular weight excluding hydrogens is 267 g/mol. The number of anilines is 2. The SMILES string of the molecule is CCc1ccccc1NC(=O)CCNc1cccc(F)c1. The highest BCUT2D eigenvalue weighted by atomic mass is 19.1. The van der Waals surface area contributed by atoms with Crippen LogP contribution in [0.3, 0.4) is 0 Å². The highest BCUT2D eigenvalue weighted by Gasteiger charge is 2.05. The van der Waals surface area contributed by atoms with Crippen molar-refractivity contribution in [1.29, 1.82) is 0 Å². The first kappa shape index (κ1) is 15.0. The van der Waals surface area contributed by atoms with Crippen molar-refractivity contribution in [2.45, 2.75) is 19.8 Å². The van der Waals surface area contributed by atoms with Crippen molar-refractivity contribution >= 4 is 17.3 Å². The molecule has 2 aromatic carbocycles. The van der Waals surface area contributed by atoms with Gasteiger partial charge in [-0.25, -0.2) is 4.39 Å². The van der Waals surface area contributed by atoms with Crippen LogP contribution in [0, 0.1) is 5.82 Å². The molecule has 0 aromatic heterocycles. The summed E-state index contributed by atoms with van der Waals surface area (Å²) in [6.07, 6.45) is 1.20. The Hall–Kier alpha value is -2.36. The number of para-hydroxylation sites is 1. The van der Waals surface area contributed by atoms with E-state index in [0.717, 1.165) is 17.7 Å². The number of amides is 1. The maximum Gasteiger partial charge on any atom is 0.226 e. The van der Waals surface area contributed by atoms with Gasteiger partial charge in [-0.2, -0.15) is 0 Å². The second kappa shape index (κ2) is 7.43. The minimum atomic E-state index is -0.290. The van der Waals surface area contributed by atoms with E-state index in [4.69, 9.17) is 0 Å². The molecule has 2 rings (SSSR count). The third-order valence-corrected chi connectivity index (χ3v) is 3.18. The lowest BCUT2D eigenvalue weighted by Crippen LogP contribution is -2.17. The molecule has 0 bridgehead atoms. The molecule has 0 saturated carbocycles. The number of aryl methyl sites for hydroxylation is 1. The summed E-state index contributed by atoms with van der Waals surface area (Å²) in [5.41, 5.74) is 2.65. The van der Waals surface area contributed by atoms with Crippen molar-refractivity contribution in [1.82, 2.24) is 0 Å². The minimum Gasteiger partial charge on any atom is -0.384 e. The fraction of sp³-hybridized carbons (Fsp3) is 0.235. The third-order valence-electron chi connectivity index (χ3n) is 3.18. The molecule has 2 aromatic rings. The Balaban J connectivity index is 1.82. The minimum absolute atomic E-state index is 0.0557. The molecule has 4 heteroatoms. The van der Waals surface area contributed by atoms with Gasteiger partial charge in [0.2, 0.25) is 5.91 Å². The van der Waals surface area contributed by atoms with Crippen LogP contribution in [0.25, 0.3) is 0 Å². The molecule has 3 nitrogen and oxygen atoms in total. The Morgan fingerprint density at radius 1 is 1.14 bits per heavy atom. The Kier molecular flexibility index (Phi) is 5.32. The summed E-state index contributed by atoms with van der Waals surface area (Å²) in [6, 6.07) is 14.0. The van der Waals surface area contributed by atoms with Gasteiger partial charge in [-0.1, -0.05) is 31.2 Å². The number of hydrogen-bond donors (Lipinski definition) is 2. The molecule has 0 radical (unpaired) electrons. The Bertz CT molecular complexity index is 613. The number of hydrogen-bond acceptors (Lipinski definition) is 2. The largest absolute Gasteiger partial charge is 0.384 e. The lowest BCUT2D eigenvalue weighted by Gasteiger charge is -2.10. The maximum atomic E-state index is 13.0. The maximum absolute atomic E-state index is 13.0. The fourth-order valence-corrected chi connectivity index (χ4v) is 2.08. The van der Waals surface area contributed by atoms with Crippen LogP contribution in [0.15, 0.2) is 48.5 Å². The zero-order valence-corrected chi connectivity index (χ0v) is 12.0. The van der Waals surface area contributed by atoms with Gasteiger partial charge in [0.25, 0.3) is 0 Å². The second-order valence-electron chi connectivity index (χ2n) is 4.75. The third kappa shape index (κ3) is 4.60. The molecule has 0 aliphatic rings. The van der Waals surface area contributed by atoms with Crippen LogP contribution in [0.1, 0.15) is 18.9 Å². The Morgan fingerprint density at radius 3 is 2.71 bits per heavy atom. The monoisotopic (exact) mass is 286 g/mol. The van der Waals surface area contributed by atoms with Gasteiger partial charge in [-0.15, -0.1) is 0 Å².